The number of nitrogens with zero attached hydrogens (tertiary/aromatic N) is 3. The Kier molecular flexibility index (Phi) is 4.07. The summed E-state index contributed by atoms with van der Waals surface area (Å²) in [7, 11) is -4.28. The van der Waals surface area contributed by atoms with Gasteiger partial charge in [0.15, 0.2) is 0 Å². The van der Waals surface area contributed by atoms with Gasteiger partial charge in [-0.2, -0.15) is 4.68 Å². The number of primary sulfonamides is 1. The van der Waals surface area contributed by atoms with E-state index in [2.05, 4.69) is 21.0 Å². The molecule has 0 amide bonds. The SMILES string of the molecule is NS(=O)(=O)c1cn(Cc2cc(F)ccc2Br)nc1[N+](=O)[O-]. The molecule has 0 spiro atoms. The fourth-order valence-electron chi connectivity index (χ4n) is 1.64. The molecular formula is C10H8BrFN4O4S. The molecule has 0 saturated carbocycles. The molecule has 0 atom stereocenters. The second kappa shape index (κ2) is 5.50. The van der Waals surface area contributed by atoms with Crippen molar-refractivity contribution in [3.05, 3.63) is 50.4 Å². The molecule has 2 aromatic rings. The summed E-state index contributed by atoms with van der Waals surface area (Å²) in [6.45, 7) is -0.0608. The van der Waals surface area contributed by atoms with Gasteiger partial charge in [-0.3, -0.25) is 0 Å². The van der Waals surface area contributed by atoms with E-state index in [0.717, 1.165) is 10.9 Å². The summed E-state index contributed by atoms with van der Waals surface area (Å²) < 4.78 is 37.3. The highest BCUT2D eigenvalue weighted by Gasteiger charge is 2.29. The van der Waals surface area contributed by atoms with Crippen molar-refractivity contribution >= 4 is 31.8 Å². The first kappa shape index (κ1) is 15.5. The molecule has 1 heterocycles. The number of hydrogen-bond acceptors (Lipinski definition) is 5. The van der Waals surface area contributed by atoms with Gasteiger partial charge in [0, 0.05) is 4.47 Å². The Morgan fingerprint density at radius 3 is 2.67 bits per heavy atom. The lowest BCUT2D eigenvalue weighted by atomic mass is 10.2. The zero-order valence-corrected chi connectivity index (χ0v) is 12.6. The summed E-state index contributed by atoms with van der Waals surface area (Å²) in [5.74, 6) is -1.37. The zero-order valence-electron chi connectivity index (χ0n) is 10.2. The molecule has 21 heavy (non-hydrogen) atoms. The van der Waals surface area contributed by atoms with Gasteiger partial charge in [-0.25, -0.2) is 17.9 Å². The molecule has 0 radical (unpaired) electrons. The van der Waals surface area contributed by atoms with Crippen LogP contribution in [0, 0.1) is 15.9 Å². The van der Waals surface area contributed by atoms with Crippen LogP contribution in [0.3, 0.4) is 0 Å². The Bertz CT molecular complexity index is 820. The molecule has 0 unspecified atom stereocenters. The minimum absolute atomic E-state index is 0.0608. The molecule has 0 aliphatic carbocycles. The molecule has 2 rings (SSSR count). The molecule has 0 aliphatic rings. The van der Waals surface area contributed by atoms with Crippen LogP contribution in [0.4, 0.5) is 10.2 Å². The number of rotatable bonds is 4. The van der Waals surface area contributed by atoms with Crippen LogP contribution in [0.1, 0.15) is 5.56 Å². The lowest BCUT2D eigenvalue weighted by Crippen LogP contribution is -2.13. The van der Waals surface area contributed by atoms with Crippen molar-refractivity contribution in [2.24, 2.45) is 5.14 Å². The van der Waals surface area contributed by atoms with Gasteiger partial charge in [0.2, 0.25) is 14.9 Å². The van der Waals surface area contributed by atoms with Crippen LogP contribution < -0.4 is 5.14 Å². The van der Waals surface area contributed by atoms with Crippen LogP contribution in [0.25, 0.3) is 0 Å². The van der Waals surface area contributed by atoms with Gasteiger partial charge >= 0.3 is 5.82 Å². The van der Waals surface area contributed by atoms with Crippen molar-refractivity contribution in [1.29, 1.82) is 0 Å². The molecule has 0 aliphatic heterocycles. The van der Waals surface area contributed by atoms with Crippen molar-refractivity contribution < 1.29 is 17.7 Å². The maximum Gasteiger partial charge on any atom is 0.410 e. The van der Waals surface area contributed by atoms with Crippen molar-refractivity contribution in [3.63, 3.8) is 0 Å². The lowest BCUT2D eigenvalue weighted by molar-refractivity contribution is -0.392. The highest BCUT2D eigenvalue weighted by molar-refractivity contribution is 9.10. The normalized spacial score (nSPS) is 11.6. The third-order valence-electron chi connectivity index (χ3n) is 2.53. The summed E-state index contributed by atoms with van der Waals surface area (Å²) >= 11 is 3.20. The first-order valence-electron chi connectivity index (χ1n) is 5.37. The Morgan fingerprint density at radius 1 is 1.48 bits per heavy atom. The number of sulfonamides is 1. The van der Waals surface area contributed by atoms with E-state index >= 15 is 0 Å². The number of hydrogen-bond donors (Lipinski definition) is 1. The Morgan fingerprint density at radius 2 is 2.14 bits per heavy atom. The second-order valence-corrected chi connectivity index (χ2v) is 6.44. The first-order valence-corrected chi connectivity index (χ1v) is 7.71. The van der Waals surface area contributed by atoms with Crippen LogP contribution in [-0.4, -0.2) is 23.1 Å². The van der Waals surface area contributed by atoms with E-state index in [-0.39, 0.29) is 6.54 Å². The molecule has 8 nitrogen and oxygen atoms in total. The van der Waals surface area contributed by atoms with Crippen LogP contribution in [-0.2, 0) is 16.6 Å². The molecule has 0 bridgehead atoms. The number of nitrogens with two attached hydrogens (primary N) is 1. The molecule has 112 valence electrons. The minimum atomic E-state index is -4.28. The van der Waals surface area contributed by atoms with Crippen LogP contribution in [0.2, 0.25) is 0 Å². The lowest BCUT2D eigenvalue weighted by Gasteiger charge is -2.02. The van der Waals surface area contributed by atoms with Gasteiger partial charge in [0.05, 0.1) is 17.8 Å². The average Bonchev–Trinajstić information content (AvgIpc) is 2.78. The topological polar surface area (TPSA) is 121 Å². The highest BCUT2D eigenvalue weighted by atomic mass is 79.9. The molecule has 2 N–H and O–H groups in total. The van der Waals surface area contributed by atoms with Gasteiger partial charge in [-0.05, 0) is 28.7 Å². The van der Waals surface area contributed by atoms with Crippen LogP contribution in [0.5, 0.6) is 0 Å². The summed E-state index contributed by atoms with van der Waals surface area (Å²) in [5, 5.41) is 19.3. The third kappa shape index (κ3) is 3.43. The first-order chi connectivity index (χ1) is 9.68. The number of benzene rings is 1. The molecule has 1 aromatic carbocycles. The smallest absolute Gasteiger partial charge is 0.358 e. The maximum atomic E-state index is 13.2. The molecule has 1 aromatic heterocycles. The van der Waals surface area contributed by atoms with Crippen molar-refractivity contribution in [2.75, 3.05) is 0 Å². The van der Waals surface area contributed by atoms with E-state index in [0.29, 0.717) is 10.0 Å². The molecular weight excluding hydrogens is 371 g/mol. The van der Waals surface area contributed by atoms with E-state index in [1.54, 1.807) is 0 Å². The standard InChI is InChI=1S/C10H8BrFN4O4S/c11-8-2-1-7(12)3-6(8)4-15-5-9(21(13,19)20)10(14-15)16(17)18/h1-3,5H,4H2,(H2,13,19,20). The summed E-state index contributed by atoms with van der Waals surface area (Å²) in [5.41, 5.74) is 0.438. The van der Waals surface area contributed by atoms with Crippen molar-refractivity contribution in [3.8, 4) is 0 Å². The number of halogens is 2. The van der Waals surface area contributed by atoms with Crippen LogP contribution in [0.15, 0.2) is 33.8 Å². The largest absolute Gasteiger partial charge is 0.410 e. The Labute approximate surface area is 126 Å². The molecule has 0 saturated heterocycles. The van der Waals surface area contributed by atoms with Gasteiger partial charge in [-0.15, -0.1) is 0 Å². The van der Waals surface area contributed by atoms with Crippen LogP contribution >= 0.6 is 15.9 Å². The van der Waals surface area contributed by atoms with Crippen molar-refractivity contribution in [2.45, 2.75) is 11.4 Å². The summed E-state index contributed by atoms with van der Waals surface area (Å²) in [4.78, 5) is 9.15. The van der Waals surface area contributed by atoms with E-state index in [1.165, 1.54) is 18.2 Å². The monoisotopic (exact) mass is 378 g/mol. The fourth-order valence-corrected chi connectivity index (χ4v) is 2.65. The Balaban J connectivity index is 2.47. The van der Waals surface area contributed by atoms with Gasteiger partial charge in [0.25, 0.3) is 0 Å². The van der Waals surface area contributed by atoms with Crippen molar-refractivity contribution in [1.82, 2.24) is 9.78 Å². The van der Waals surface area contributed by atoms with Gasteiger partial charge in [0.1, 0.15) is 5.82 Å². The van der Waals surface area contributed by atoms with E-state index in [1.807, 2.05) is 0 Å². The van der Waals surface area contributed by atoms with E-state index in [9.17, 15) is 22.9 Å². The molecule has 0 fully saturated rings. The minimum Gasteiger partial charge on any atom is -0.358 e. The van der Waals surface area contributed by atoms with E-state index in [4.69, 9.17) is 5.14 Å². The maximum absolute atomic E-state index is 13.2. The Hall–Kier alpha value is -1.85. The quantitative estimate of drug-likeness (QED) is 0.636. The fraction of sp³-hybridized carbons (Fsp3) is 0.100. The number of nitro groups is 1. The highest BCUT2D eigenvalue weighted by Crippen LogP contribution is 2.23. The second-order valence-electron chi connectivity index (χ2n) is 4.05. The average molecular weight is 379 g/mol. The predicted octanol–water partition coefficient (Wildman–Crippen LogP) is 1.39. The zero-order chi connectivity index (χ0) is 15.8. The molecule has 11 heteroatoms. The number of aromatic nitrogens is 2. The van der Waals surface area contributed by atoms with Gasteiger partial charge < -0.3 is 10.1 Å². The third-order valence-corrected chi connectivity index (χ3v) is 4.20. The summed E-state index contributed by atoms with van der Waals surface area (Å²) in [6.07, 6.45) is 0.935. The van der Waals surface area contributed by atoms with E-state index < -0.39 is 31.5 Å². The summed E-state index contributed by atoms with van der Waals surface area (Å²) in [6, 6.07) is 3.90. The predicted molar refractivity (Wildman–Crippen MR) is 73.5 cm³/mol. The van der Waals surface area contributed by atoms with Gasteiger partial charge in [-0.1, -0.05) is 15.9 Å².